The van der Waals surface area contributed by atoms with E-state index in [1.165, 1.54) is 9.78 Å². The summed E-state index contributed by atoms with van der Waals surface area (Å²) in [5.74, 6) is -1.10. The summed E-state index contributed by atoms with van der Waals surface area (Å²) in [6.07, 6.45) is 1.21. The molecule has 2 aromatic carbocycles. The third-order valence-corrected chi connectivity index (χ3v) is 8.37. The highest BCUT2D eigenvalue weighted by Gasteiger charge is 2.54. The van der Waals surface area contributed by atoms with Gasteiger partial charge in [0.05, 0.1) is 30.0 Å². The number of hydrogen-bond donors (Lipinski definition) is 1. The number of carboxylic acid groups (broad SMARTS) is 1. The predicted molar refractivity (Wildman–Crippen MR) is 148 cm³/mol. The van der Waals surface area contributed by atoms with Gasteiger partial charge < -0.3 is 19.8 Å². The van der Waals surface area contributed by atoms with Crippen molar-refractivity contribution in [1.29, 1.82) is 0 Å². The van der Waals surface area contributed by atoms with Gasteiger partial charge in [-0.25, -0.2) is 14.4 Å². The molecule has 2 aliphatic rings. The third kappa shape index (κ3) is 4.86. The minimum Gasteiger partial charge on any atom is -0.480 e. The predicted octanol–water partition coefficient (Wildman–Crippen LogP) is 5.56. The van der Waals surface area contributed by atoms with Crippen molar-refractivity contribution in [2.75, 3.05) is 18.0 Å². The van der Waals surface area contributed by atoms with Crippen molar-refractivity contribution in [1.82, 2.24) is 14.7 Å². The van der Waals surface area contributed by atoms with Crippen LogP contribution in [0.2, 0.25) is 0 Å². The highest BCUT2D eigenvalue weighted by atomic mass is 32.1. The standard InChI is InChI=1S/C29H32N4O4S/c1-3-30(19-24-16-14-20(2)38-24)28(36)33-23-15-17-25(33)26(27(34)35)31(18-23)29(37)32(21-10-6-4-7-11-21)22-12-8-5-9-13-22/h4-14,16,23,25-26H,3,15,17-19H2,1-2H3,(H,34,35)/t23-,25+,26-/m0/s1. The molecule has 3 atom stereocenters. The van der Waals surface area contributed by atoms with E-state index in [1.54, 1.807) is 26.0 Å². The van der Waals surface area contributed by atoms with Gasteiger partial charge in [-0.1, -0.05) is 36.4 Å². The largest absolute Gasteiger partial charge is 0.480 e. The van der Waals surface area contributed by atoms with Crippen molar-refractivity contribution in [2.45, 2.75) is 51.4 Å². The number of thiophene rings is 1. The summed E-state index contributed by atoms with van der Waals surface area (Å²) in [5.41, 5.74) is 1.31. The van der Waals surface area contributed by atoms with Crippen LogP contribution in [0.4, 0.5) is 21.0 Å². The van der Waals surface area contributed by atoms with Gasteiger partial charge in [-0.05, 0) is 63.1 Å². The number of likely N-dealkylation sites (tertiary alicyclic amines) is 1. The molecule has 4 amide bonds. The number of carbonyl (C=O) groups excluding carboxylic acids is 2. The first-order chi connectivity index (χ1) is 18.4. The van der Waals surface area contributed by atoms with Crippen LogP contribution in [0.25, 0.3) is 0 Å². The fourth-order valence-electron chi connectivity index (χ4n) is 5.63. The van der Waals surface area contributed by atoms with Crippen LogP contribution in [0.3, 0.4) is 0 Å². The van der Waals surface area contributed by atoms with Crippen LogP contribution in [0.1, 0.15) is 29.5 Å². The summed E-state index contributed by atoms with van der Waals surface area (Å²) in [7, 11) is 0. The van der Waals surface area contributed by atoms with Crippen molar-refractivity contribution in [3.8, 4) is 0 Å². The molecule has 0 spiro atoms. The highest BCUT2D eigenvalue weighted by Crippen LogP contribution is 2.38. The van der Waals surface area contributed by atoms with E-state index < -0.39 is 24.1 Å². The van der Waals surface area contributed by atoms with Gasteiger partial charge in [0, 0.05) is 22.8 Å². The summed E-state index contributed by atoms with van der Waals surface area (Å²) < 4.78 is 0. The number of para-hydroxylation sites is 2. The fraction of sp³-hybridized carbons (Fsp3) is 0.345. The van der Waals surface area contributed by atoms with Gasteiger partial charge in [-0.2, -0.15) is 0 Å². The number of fused-ring (bicyclic) bond motifs is 2. The highest BCUT2D eigenvalue weighted by molar-refractivity contribution is 7.11. The zero-order chi connectivity index (χ0) is 26.8. The first kappa shape index (κ1) is 25.8. The van der Waals surface area contributed by atoms with Gasteiger partial charge in [0.25, 0.3) is 0 Å². The number of anilines is 2. The van der Waals surface area contributed by atoms with Crippen LogP contribution in [-0.2, 0) is 11.3 Å². The molecule has 2 bridgehead atoms. The first-order valence-corrected chi connectivity index (χ1v) is 13.8. The Labute approximate surface area is 226 Å². The summed E-state index contributed by atoms with van der Waals surface area (Å²) in [4.78, 5) is 49.4. The Morgan fingerprint density at radius 1 is 0.921 bits per heavy atom. The molecular formula is C29H32N4O4S. The Balaban J connectivity index is 1.44. The lowest BCUT2D eigenvalue weighted by molar-refractivity contribution is -0.145. The minimum absolute atomic E-state index is 0.160. The van der Waals surface area contributed by atoms with Crippen LogP contribution < -0.4 is 4.90 Å². The number of carbonyl (C=O) groups is 3. The summed E-state index contributed by atoms with van der Waals surface area (Å²) in [6, 6.07) is 20.0. The molecule has 8 nitrogen and oxygen atoms in total. The second-order valence-corrected chi connectivity index (χ2v) is 11.1. The van der Waals surface area contributed by atoms with Gasteiger partial charge in [0.15, 0.2) is 6.04 Å². The second kappa shape index (κ2) is 10.9. The molecular weight excluding hydrogens is 500 g/mol. The molecule has 3 aromatic rings. The second-order valence-electron chi connectivity index (χ2n) is 9.74. The number of amides is 4. The zero-order valence-corrected chi connectivity index (χ0v) is 22.4. The summed E-state index contributed by atoms with van der Waals surface area (Å²) >= 11 is 1.66. The topological polar surface area (TPSA) is 84.4 Å². The van der Waals surface area contributed by atoms with E-state index in [9.17, 15) is 19.5 Å². The molecule has 2 fully saturated rings. The van der Waals surface area contributed by atoms with Crippen molar-refractivity contribution >= 4 is 40.7 Å². The fourth-order valence-corrected chi connectivity index (χ4v) is 6.54. The van der Waals surface area contributed by atoms with E-state index in [1.807, 2.05) is 86.6 Å². The van der Waals surface area contributed by atoms with E-state index >= 15 is 0 Å². The molecule has 0 unspecified atom stereocenters. The number of rotatable bonds is 6. The van der Waals surface area contributed by atoms with Gasteiger partial charge in [0.1, 0.15) is 0 Å². The van der Waals surface area contributed by atoms with Crippen LogP contribution in [-0.4, -0.2) is 69.1 Å². The Morgan fingerprint density at radius 3 is 2.08 bits per heavy atom. The Hall–Kier alpha value is -3.85. The lowest BCUT2D eigenvalue weighted by Crippen LogP contribution is -2.67. The van der Waals surface area contributed by atoms with Crippen molar-refractivity contribution in [3.63, 3.8) is 0 Å². The Bertz CT molecular complexity index is 1260. The Morgan fingerprint density at radius 2 is 1.55 bits per heavy atom. The molecule has 2 aliphatic heterocycles. The lowest BCUT2D eigenvalue weighted by Gasteiger charge is -2.47. The first-order valence-electron chi connectivity index (χ1n) is 12.9. The number of hydrogen-bond acceptors (Lipinski definition) is 4. The number of benzene rings is 2. The monoisotopic (exact) mass is 532 g/mol. The molecule has 9 heteroatoms. The maximum Gasteiger partial charge on any atom is 0.329 e. The average Bonchev–Trinajstić information content (AvgIpc) is 3.48. The van der Waals surface area contributed by atoms with Crippen molar-refractivity contribution < 1.29 is 19.5 Å². The van der Waals surface area contributed by atoms with Crippen LogP contribution in [0, 0.1) is 6.92 Å². The number of urea groups is 2. The molecule has 3 heterocycles. The average molecular weight is 533 g/mol. The van der Waals surface area contributed by atoms with Crippen molar-refractivity contribution in [3.05, 3.63) is 82.6 Å². The molecule has 198 valence electrons. The maximum absolute atomic E-state index is 14.1. The molecule has 5 rings (SSSR count). The number of aliphatic carboxylic acids is 1. The molecule has 0 saturated carbocycles. The normalized spacial score (nSPS) is 20.3. The number of nitrogens with zero attached hydrogens (tertiary/aromatic N) is 4. The smallest absolute Gasteiger partial charge is 0.329 e. The van der Waals surface area contributed by atoms with Gasteiger partial charge >= 0.3 is 18.0 Å². The number of piperazine rings is 1. The number of aryl methyl sites for hydroxylation is 1. The molecule has 2 saturated heterocycles. The van der Waals surface area contributed by atoms with Crippen molar-refractivity contribution in [2.24, 2.45) is 0 Å². The van der Waals surface area contributed by atoms with E-state index in [-0.39, 0.29) is 18.6 Å². The molecule has 1 N–H and O–H groups in total. The van der Waals surface area contributed by atoms with E-state index in [0.29, 0.717) is 37.3 Å². The van der Waals surface area contributed by atoms with E-state index in [0.717, 1.165) is 4.88 Å². The summed E-state index contributed by atoms with van der Waals surface area (Å²) in [5, 5.41) is 10.4. The van der Waals surface area contributed by atoms with Crippen LogP contribution >= 0.6 is 11.3 Å². The van der Waals surface area contributed by atoms with Crippen LogP contribution in [0.5, 0.6) is 0 Å². The lowest BCUT2D eigenvalue weighted by atomic mass is 10.0. The van der Waals surface area contributed by atoms with Gasteiger partial charge in [-0.15, -0.1) is 11.3 Å². The quantitative estimate of drug-likeness (QED) is 0.451. The molecule has 0 aliphatic carbocycles. The molecule has 1 aromatic heterocycles. The van der Waals surface area contributed by atoms with Crippen LogP contribution in [0.15, 0.2) is 72.8 Å². The zero-order valence-electron chi connectivity index (χ0n) is 21.6. The maximum atomic E-state index is 14.1. The Kier molecular flexibility index (Phi) is 7.37. The van der Waals surface area contributed by atoms with Gasteiger partial charge in [-0.3, -0.25) is 4.90 Å². The number of carboxylic acids is 1. The SMILES string of the molecule is CCN(Cc1ccc(C)s1)C(=O)N1[C@H]2CC[C@@H]1[C@@H](C(=O)O)N(C(=O)N(c1ccccc1)c1ccccc1)C2. The molecule has 0 radical (unpaired) electrons. The summed E-state index contributed by atoms with van der Waals surface area (Å²) in [6.45, 7) is 5.15. The third-order valence-electron chi connectivity index (χ3n) is 7.39. The minimum atomic E-state index is -1.14. The van der Waals surface area contributed by atoms with Gasteiger partial charge in [0.2, 0.25) is 0 Å². The van der Waals surface area contributed by atoms with E-state index in [4.69, 9.17) is 0 Å². The molecule has 38 heavy (non-hydrogen) atoms. The van der Waals surface area contributed by atoms with E-state index in [2.05, 4.69) is 0 Å².